The predicted octanol–water partition coefficient (Wildman–Crippen LogP) is 5.77. The van der Waals surface area contributed by atoms with Gasteiger partial charge in [0.25, 0.3) is 0 Å². The highest BCUT2D eigenvalue weighted by Crippen LogP contribution is 2.45. The summed E-state index contributed by atoms with van der Waals surface area (Å²) in [6.07, 6.45) is 0. The first-order valence-corrected chi connectivity index (χ1v) is 10.9. The summed E-state index contributed by atoms with van der Waals surface area (Å²) in [5.41, 5.74) is 2.25. The molecule has 2 heterocycles. The van der Waals surface area contributed by atoms with Crippen molar-refractivity contribution in [3.05, 3.63) is 88.0 Å². The van der Waals surface area contributed by atoms with Gasteiger partial charge in [-0.05, 0) is 36.8 Å². The lowest BCUT2D eigenvalue weighted by molar-refractivity contribution is 0.101. The van der Waals surface area contributed by atoms with Crippen molar-refractivity contribution in [2.45, 2.75) is 6.92 Å². The number of methoxy groups -OCH3 is 3. The number of hydrogen-bond acceptors (Lipinski definition) is 7. The molecule has 0 unspecified atom stereocenters. The van der Waals surface area contributed by atoms with E-state index in [4.69, 9.17) is 23.0 Å². The van der Waals surface area contributed by atoms with Gasteiger partial charge in [0.2, 0.25) is 11.5 Å². The van der Waals surface area contributed by atoms with Gasteiger partial charge in [-0.2, -0.15) is 0 Å². The van der Waals surface area contributed by atoms with E-state index in [1.807, 2.05) is 25.1 Å². The van der Waals surface area contributed by atoms with E-state index in [0.29, 0.717) is 44.9 Å². The maximum atomic E-state index is 13.7. The van der Waals surface area contributed by atoms with E-state index in [-0.39, 0.29) is 22.5 Å². The number of hydrogen-bond donors (Lipinski definition) is 0. The van der Waals surface area contributed by atoms with Crippen molar-refractivity contribution in [2.75, 3.05) is 21.3 Å². The van der Waals surface area contributed by atoms with Crippen LogP contribution in [0.15, 0.2) is 74.3 Å². The number of ketones is 1. The van der Waals surface area contributed by atoms with Crippen LogP contribution < -0.4 is 19.8 Å². The van der Waals surface area contributed by atoms with Gasteiger partial charge in [-0.25, -0.2) is 4.79 Å². The highest BCUT2D eigenvalue weighted by molar-refractivity contribution is 6.18. The van der Waals surface area contributed by atoms with Crippen LogP contribution in [0.5, 0.6) is 17.2 Å². The minimum atomic E-state index is -0.617. The molecule has 7 heteroatoms. The molecular formula is C28H22O7. The van der Waals surface area contributed by atoms with Crippen LogP contribution in [-0.4, -0.2) is 27.1 Å². The molecule has 5 rings (SSSR count). The molecule has 0 spiro atoms. The van der Waals surface area contributed by atoms with Crippen LogP contribution in [0.3, 0.4) is 0 Å². The number of benzene rings is 3. The Morgan fingerprint density at radius 3 is 2.11 bits per heavy atom. The van der Waals surface area contributed by atoms with Crippen LogP contribution >= 0.6 is 0 Å². The van der Waals surface area contributed by atoms with Crippen molar-refractivity contribution in [3.8, 4) is 28.4 Å². The number of ether oxygens (including phenoxy) is 3. The van der Waals surface area contributed by atoms with Gasteiger partial charge in [-0.15, -0.1) is 0 Å². The summed E-state index contributed by atoms with van der Waals surface area (Å²) in [6.45, 7) is 1.94. The molecule has 0 fully saturated rings. The Labute approximate surface area is 200 Å². The molecule has 0 aliphatic carbocycles. The summed E-state index contributed by atoms with van der Waals surface area (Å²) in [5.74, 6) is 0.774. The maximum absolute atomic E-state index is 13.7. The zero-order valence-corrected chi connectivity index (χ0v) is 19.6. The van der Waals surface area contributed by atoms with E-state index in [9.17, 15) is 9.59 Å². The fourth-order valence-corrected chi connectivity index (χ4v) is 4.21. The molecule has 0 saturated heterocycles. The summed E-state index contributed by atoms with van der Waals surface area (Å²) < 4.78 is 28.2. The molecule has 0 bridgehead atoms. The van der Waals surface area contributed by atoms with Gasteiger partial charge >= 0.3 is 5.63 Å². The van der Waals surface area contributed by atoms with Crippen LogP contribution in [0, 0.1) is 6.92 Å². The van der Waals surface area contributed by atoms with Crippen molar-refractivity contribution >= 4 is 27.7 Å². The molecule has 0 aliphatic heterocycles. The van der Waals surface area contributed by atoms with E-state index in [0.717, 1.165) is 5.56 Å². The van der Waals surface area contributed by atoms with Gasteiger partial charge in [-0.3, -0.25) is 4.79 Å². The first-order valence-electron chi connectivity index (χ1n) is 10.9. The minimum Gasteiger partial charge on any atom is -0.493 e. The summed E-state index contributed by atoms with van der Waals surface area (Å²) in [5, 5.41) is 0.743. The van der Waals surface area contributed by atoms with Crippen LogP contribution in [0.4, 0.5) is 0 Å². The van der Waals surface area contributed by atoms with Crippen molar-refractivity contribution in [2.24, 2.45) is 0 Å². The summed E-state index contributed by atoms with van der Waals surface area (Å²) in [6, 6.07) is 17.5. The van der Waals surface area contributed by atoms with Gasteiger partial charge in [0.05, 0.1) is 26.7 Å². The Kier molecular flexibility index (Phi) is 5.53. The Morgan fingerprint density at radius 1 is 0.829 bits per heavy atom. The topological polar surface area (TPSA) is 88.1 Å². The third kappa shape index (κ3) is 3.61. The van der Waals surface area contributed by atoms with Gasteiger partial charge in [0, 0.05) is 11.1 Å². The molecule has 0 atom stereocenters. The molecule has 0 saturated carbocycles. The van der Waals surface area contributed by atoms with E-state index < -0.39 is 5.63 Å². The fraction of sp³-hybridized carbons (Fsp3) is 0.143. The molecule has 176 valence electrons. The predicted molar refractivity (Wildman–Crippen MR) is 132 cm³/mol. The van der Waals surface area contributed by atoms with Gasteiger partial charge in [-0.1, -0.05) is 42.0 Å². The molecule has 0 amide bonds. The van der Waals surface area contributed by atoms with Crippen molar-refractivity contribution in [1.82, 2.24) is 0 Å². The van der Waals surface area contributed by atoms with E-state index >= 15 is 0 Å². The van der Waals surface area contributed by atoms with Crippen LogP contribution in [-0.2, 0) is 0 Å². The normalized spacial score (nSPS) is 11.1. The van der Waals surface area contributed by atoms with E-state index in [1.54, 1.807) is 42.5 Å². The molecule has 7 nitrogen and oxygen atoms in total. The van der Waals surface area contributed by atoms with Crippen molar-refractivity contribution < 1.29 is 27.8 Å². The third-order valence-electron chi connectivity index (χ3n) is 5.92. The second kappa shape index (κ2) is 8.68. The molecular weight excluding hydrogens is 448 g/mol. The smallest absolute Gasteiger partial charge is 0.348 e. The fourth-order valence-electron chi connectivity index (χ4n) is 4.21. The number of para-hydroxylation sites is 1. The van der Waals surface area contributed by atoms with Gasteiger partial charge in [0.1, 0.15) is 11.0 Å². The summed E-state index contributed by atoms with van der Waals surface area (Å²) >= 11 is 0. The summed E-state index contributed by atoms with van der Waals surface area (Å²) in [4.78, 5) is 26.9. The van der Waals surface area contributed by atoms with E-state index in [2.05, 4.69) is 0 Å². The molecule has 0 N–H and O–H groups in total. The molecule has 0 radical (unpaired) electrons. The number of furan rings is 1. The molecule has 35 heavy (non-hydrogen) atoms. The molecule has 0 aliphatic rings. The number of rotatable bonds is 6. The lowest BCUT2D eigenvalue weighted by Gasteiger charge is -2.14. The Balaban J connectivity index is 1.90. The molecule has 5 aromatic rings. The highest BCUT2D eigenvalue weighted by atomic mass is 16.5. The average molecular weight is 470 g/mol. The minimum absolute atomic E-state index is 0.0155. The molecule has 2 aromatic heterocycles. The van der Waals surface area contributed by atoms with Gasteiger partial charge < -0.3 is 23.0 Å². The third-order valence-corrected chi connectivity index (χ3v) is 5.92. The first kappa shape index (κ1) is 22.3. The SMILES string of the molecule is COc1cc(-c2c(C(=O)c3ccc(C)cc3)oc3c2c(=O)oc2ccccc23)cc(OC)c1OC. The standard InChI is InChI=1S/C28H22O7/c1-15-9-11-16(12-10-15)24(29)27-22(17-13-20(31-2)26(33-4)21(14-17)32-3)23-25(35-27)18-7-5-6-8-19(18)34-28(23)30/h5-14H,1-4H3. The first-order chi connectivity index (χ1) is 17.0. The second-order valence-corrected chi connectivity index (χ2v) is 8.01. The van der Waals surface area contributed by atoms with Crippen LogP contribution in [0.2, 0.25) is 0 Å². The number of carbonyl (C=O) groups is 1. The monoisotopic (exact) mass is 470 g/mol. The van der Waals surface area contributed by atoms with Crippen molar-refractivity contribution in [3.63, 3.8) is 0 Å². The largest absolute Gasteiger partial charge is 0.493 e. The maximum Gasteiger partial charge on any atom is 0.348 e. The lowest BCUT2D eigenvalue weighted by atomic mass is 9.97. The number of aryl methyl sites for hydroxylation is 1. The second-order valence-electron chi connectivity index (χ2n) is 8.01. The van der Waals surface area contributed by atoms with Gasteiger partial charge in [0.15, 0.2) is 22.8 Å². The van der Waals surface area contributed by atoms with E-state index in [1.165, 1.54) is 21.3 Å². The number of carbonyl (C=O) groups excluding carboxylic acids is 1. The number of fused-ring (bicyclic) bond motifs is 3. The van der Waals surface area contributed by atoms with Crippen LogP contribution in [0.1, 0.15) is 21.7 Å². The summed E-state index contributed by atoms with van der Waals surface area (Å²) in [7, 11) is 4.49. The average Bonchev–Trinajstić information content (AvgIpc) is 3.29. The van der Waals surface area contributed by atoms with Crippen molar-refractivity contribution in [1.29, 1.82) is 0 Å². The zero-order valence-electron chi connectivity index (χ0n) is 19.6. The van der Waals surface area contributed by atoms with Crippen LogP contribution in [0.25, 0.3) is 33.1 Å². The highest BCUT2D eigenvalue weighted by Gasteiger charge is 2.29. The lowest BCUT2D eigenvalue weighted by Crippen LogP contribution is -2.04. The Morgan fingerprint density at radius 2 is 1.49 bits per heavy atom. The molecule has 3 aromatic carbocycles. The Bertz CT molecular complexity index is 1610. The quantitative estimate of drug-likeness (QED) is 0.230. The zero-order chi connectivity index (χ0) is 24.7. The Hall–Kier alpha value is -4.52.